The molecule has 0 bridgehead atoms. The maximum Gasteiger partial charge on any atom is 0.339 e. The van der Waals surface area contributed by atoms with E-state index in [2.05, 4.69) is 4.74 Å². The summed E-state index contributed by atoms with van der Waals surface area (Å²) in [6.45, 7) is -0.114. The molecule has 1 unspecified atom stereocenters. The van der Waals surface area contributed by atoms with E-state index in [1.54, 1.807) is 0 Å². The number of aldehydes is 1. The fraction of sp³-hybridized carbons (Fsp3) is 0.273. The van der Waals surface area contributed by atoms with Crippen molar-refractivity contribution in [3.8, 4) is 11.5 Å². The fourth-order valence-electron chi connectivity index (χ4n) is 1.65. The lowest BCUT2D eigenvalue weighted by molar-refractivity contribution is -0.150. The van der Waals surface area contributed by atoms with Crippen molar-refractivity contribution < 1.29 is 28.9 Å². The number of fused-ring (bicyclic) bond motifs is 1. The number of carbonyl (C=O) groups is 2. The molecule has 0 fully saturated rings. The van der Waals surface area contributed by atoms with E-state index >= 15 is 0 Å². The third kappa shape index (κ3) is 1.89. The summed E-state index contributed by atoms with van der Waals surface area (Å²) in [5.41, 5.74) is 0.218. The highest BCUT2D eigenvalue weighted by Crippen LogP contribution is 2.45. The fourth-order valence-corrected chi connectivity index (χ4v) is 1.96. The summed E-state index contributed by atoms with van der Waals surface area (Å²) in [6.07, 6.45) is -1.05. The quantitative estimate of drug-likeness (QED) is 0.655. The molecule has 2 rings (SSSR count). The second kappa shape index (κ2) is 4.83. The van der Waals surface area contributed by atoms with Gasteiger partial charge in [0.1, 0.15) is 0 Å². The van der Waals surface area contributed by atoms with Gasteiger partial charge in [-0.15, -0.1) is 0 Å². The van der Waals surface area contributed by atoms with Crippen LogP contribution in [0, 0.1) is 0 Å². The van der Waals surface area contributed by atoms with E-state index in [-0.39, 0.29) is 34.4 Å². The molecule has 1 aromatic carbocycles. The minimum Gasteiger partial charge on any atom is -0.467 e. The summed E-state index contributed by atoms with van der Waals surface area (Å²) in [6, 6.07) is 1.30. The van der Waals surface area contributed by atoms with Crippen molar-refractivity contribution in [2.75, 3.05) is 13.9 Å². The van der Waals surface area contributed by atoms with Crippen LogP contribution in [0.25, 0.3) is 0 Å². The molecular weight excluding hydrogens is 264 g/mol. The first-order valence-corrected chi connectivity index (χ1v) is 5.31. The highest BCUT2D eigenvalue weighted by atomic mass is 35.5. The molecule has 0 saturated heterocycles. The Morgan fingerprint density at radius 3 is 2.83 bits per heavy atom. The number of hydrogen-bond acceptors (Lipinski definition) is 6. The first-order valence-electron chi connectivity index (χ1n) is 4.93. The number of methoxy groups -OCH3 is 1. The molecule has 0 aromatic heterocycles. The average molecular weight is 273 g/mol. The lowest BCUT2D eigenvalue weighted by Gasteiger charge is -2.13. The van der Waals surface area contributed by atoms with Crippen molar-refractivity contribution in [1.29, 1.82) is 0 Å². The highest BCUT2D eigenvalue weighted by molar-refractivity contribution is 6.32. The number of rotatable bonds is 3. The van der Waals surface area contributed by atoms with Crippen molar-refractivity contribution in [3.63, 3.8) is 0 Å². The zero-order chi connectivity index (χ0) is 13.3. The van der Waals surface area contributed by atoms with Crippen LogP contribution >= 0.6 is 11.6 Å². The van der Waals surface area contributed by atoms with E-state index in [0.717, 1.165) is 7.11 Å². The molecule has 1 heterocycles. The number of esters is 1. The Hall–Kier alpha value is -1.79. The summed E-state index contributed by atoms with van der Waals surface area (Å²) in [4.78, 5) is 22.2. The SMILES string of the molecule is COC(=O)C(O)c1c(Cl)cc(C=O)c2c1OCO2. The highest BCUT2D eigenvalue weighted by Gasteiger charge is 2.32. The summed E-state index contributed by atoms with van der Waals surface area (Å²) in [5, 5.41) is 9.84. The second-order valence-electron chi connectivity index (χ2n) is 3.47. The summed E-state index contributed by atoms with van der Waals surface area (Å²) < 4.78 is 14.7. The van der Waals surface area contributed by atoms with Crippen LogP contribution in [0.2, 0.25) is 5.02 Å². The molecule has 96 valence electrons. The maximum absolute atomic E-state index is 11.3. The van der Waals surface area contributed by atoms with Gasteiger partial charge < -0.3 is 19.3 Å². The van der Waals surface area contributed by atoms with E-state index < -0.39 is 12.1 Å². The molecule has 18 heavy (non-hydrogen) atoms. The molecule has 0 saturated carbocycles. The van der Waals surface area contributed by atoms with Crippen LogP contribution in [-0.4, -0.2) is 31.3 Å². The normalized spacial score (nSPS) is 14.2. The third-order valence-corrected chi connectivity index (χ3v) is 2.80. The molecule has 1 aromatic rings. The Morgan fingerprint density at radius 2 is 2.22 bits per heavy atom. The summed E-state index contributed by atoms with van der Waals surface area (Å²) >= 11 is 5.93. The number of halogens is 1. The zero-order valence-corrected chi connectivity index (χ0v) is 10.1. The Labute approximate surface area is 107 Å². The number of carbonyl (C=O) groups excluding carboxylic acids is 2. The zero-order valence-electron chi connectivity index (χ0n) is 9.31. The van der Waals surface area contributed by atoms with Crippen molar-refractivity contribution in [2.24, 2.45) is 0 Å². The largest absolute Gasteiger partial charge is 0.467 e. The number of ether oxygens (including phenoxy) is 3. The van der Waals surface area contributed by atoms with Crippen molar-refractivity contribution in [3.05, 3.63) is 22.2 Å². The van der Waals surface area contributed by atoms with Gasteiger partial charge in [0.2, 0.25) is 6.79 Å². The lowest BCUT2D eigenvalue weighted by Crippen LogP contribution is -2.14. The standard InChI is InChI=1S/C11H9ClO6/c1-16-11(15)8(14)7-6(12)2-5(3-13)9-10(7)18-4-17-9/h2-3,8,14H,4H2,1H3. The molecular formula is C11H9ClO6. The second-order valence-corrected chi connectivity index (χ2v) is 3.88. The van der Waals surface area contributed by atoms with Gasteiger partial charge in [-0.3, -0.25) is 4.79 Å². The molecule has 0 radical (unpaired) electrons. The van der Waals surface area contributed by atoms with E-state index in [1.165, 1.54) is 6.07 Å². The Balaban J connectivity index is 2.58. The van der Waals surface area contributed by atoms with Crippen molar-refractivity contribution in [1.82, 2.24) is 0 Å². The first kappa shape index (κ1) is 12.7. The van der Waals surface area contributed by atoms with Crippen LogP contribution in [0.5, 0.6) is 11.5 Å². The molecule has 0 aliphatic carbocycles. The molecule has 6 nitrogen and oxygen atoms in total. The van der Waals surface area contributed by atoms with Gasteiger partial charge in [0.25, 0.3) is 0 Å². The van der Waals surface area contributed by atoms with Gasteiger partial charge in [0.05, 0.1) is 23.3 Å². The predicted octanol–water partition coefficient (Wildman–Crippen LogP) is 1.09. The Morgan fingerprint density at radius 1 is 1.56 bits per heavy atom. The Bertz CT molecular complexity index is 513. The number of benzene rings is 1. The summed E-state index contributed by atoms with van der Waals surface area (Å²) in [7, 11) is 1.14. The van der Waals surface area contributed by atoms with Gasteiger partial charge in [0.15, 0.2) is 23.9 Å². The third-order valence-electron chi connectivity index (χ3n) is 2.48. The van der Waals surface area contributed by atoms with Crippen LogP contribution in [0.15, 0.2) is 6.07 Å². The van der Waals surface area contributed by atoms with Crippen LogP contribution in [0.4, 0.5) is 0 Å². The van der Waals surface area contributed by atoms with E-state index in [0.29, 0.717) is 6.29 Å². The average Bonchev–Trinajstić information content (AvgIpc) is 2.84. The van der Waals surface area contributed by atoms with E-state index in [1.807, 2.05) is 0 Å². The van der Waals surface area contributed by atoms with E-state index in [4.69, 9.17) is 21.1 Å². The van der Waals surface area contributed by atoms with Gasteiger partial charge in [-0.05, 0) is 6.07 Å². The molecule has 0 spiro atoms. The number of aliphatic hydroxyl groups is 1. The van der Waals surface area contributed by atoms with Crippen LogP contribution in [0.1, 0.15) is 22.0 Å². The topological polar surface area (TPSA) is 82.1 Å². The minimum absolute atomic E-state index is 0.0271. The first-order chi connectivity index (χ1) is 8.60. The monoisotopic (exact) mass is 272 g/mol. The molecule has 7 heteroatoms. The van der Waals surface area contributed by atoms with Crippen LogP contribution in [-0.2, 0) is 9.53 Å². The summed E-state index contributed by atoms with van der Waals surface area (Å²) in [5.74, 6) is -0.636. The smallest absolute Gasteiger partial charge is 0.339 e. The van der Waals surface area contributed by atoms with Gasteiger partial charge in [-0.25, -0.2) is 4.79 Å². The molecule has 1 N–H and O–H groups in total. The maximum atomic E-state index is 11.3. The van der Waals surface area contributed by atoms with Gasteiger partial charge in [0, 0.05) is 0 Å². The number of hydrogen-bond donors (Lipinski definition) is 1. The van der Waals surface area contributed by atoms with Gasteiger partial charge in [-0.1, -0.05) is 11.6 Å². The molecule has 1 aliphatic rings. The van der Waals surface area contributed by atoms with E-state index in [9.17, 15) is 14.7 Å². The molecule has 0 amide bonds. The van der Waals surface area contributed by atoms with Crippen LogP contribution in [0.3, 0.4) is 0 Å². The molecule has 1 atom stereocenters. The Kier molecular flexibility index (Phi) is 3.40. The lowest BCUT2D eigenvalue weighted by atomic mass is 10.0. The van der Waals surface area contributed by atoms with Crippen LogP contribution < -0.4 is 9.47 Å². The van der Waals surface area contributed by atoms with Crippen molar-refractivity contribution in [2.45, 2.75) is 6.10 Å². The van der Waals surface area contributed by atoms with Crippen molar-refractivity contribution >= 4 is 23.9 Å². The van der Waals surface area contributed by atoms with Gasteiger partial charge in [-0.2, -0.15) is 0 Å². The minimum atomic E-state index is -1.60. The number of aliphatic hydroxyl groups excluding tert-OH is 1. The van der Waals surface area contributed by atoms with Gasteiger partial charge >= 0.3 is 5.97 Å². The molecule has 1 aliphatic heterocycles. The predicted molar refractivity (Wildman–Crippen MR) is 59.9 cm³/mol.